The van der Waals surface area contributed by atoms with E-state index in [4.69, 9.17) is 5.73 Å². The molecule has 3 unspecified atom stereocenters. The maximum atomic E-state index is 14.0. The Bertz CT molecular complexity index is 419. The van der Waals surface area contributed by atoms with Gasteiger partial charge in [0.05, 0.1) is 0 Å². The molecule has 0 amide bonds. The van der Waals surface area contributed by atoms with Crippen molar-refractivity contribution in [3.05, 3.63) is 34.1 Å². The van der Waals surface area contributed by atoms with Crippen LogP contribution in [0.2, 0.25) is 0 Å². The number of rotatable bonds is 2. The first-order chi connectivity index (χ1) is 8.49. The van der Waals surface area contributed by atoms with Crippen LogP contribution in [-0.4, -0.2) is 6.04 Å². The van der Waals surface area contributed by atoms with Gasteiger partial charge in [-0.2, -0.15) is 0 Å². The Balaban J connectivity index is 2.26. The zero-order valence-electron chi connectivity index (χ0n) is 11.0. The lowest BCUT2D eigenvalue weighted by Crippen LogP contribution is -2.36. The molecule has 18 heavy (non-hydrogen) atoms. The van der Waals surface area contributed by atoms with Crippen molar-refractivity contribution in [1.29, 1.82) is 0 Å². The molecular formula is C15H21BrFN. The van der Waals surface area contributed by atoms with Gasteiger partial charge >= 0.3 is 0 Å². The van der Waals surface area contributed by atoms with E-state index in [0.29, 0.717) is 11.8 Å². The molecule has 3 heteroatoms. The molecule has 1 aromatic rings. The van der Waals surface area contributed by atoms with Gasteiger partial charge in [-0.1, -0.05) is 29.8 Å². The van der Waals surface area contributed by atoms with Crippen LogP contribution in [0.25, 0.3) is 0 Å². The summed E-state index contributed by atoms with van der Waals surface area (Å²) in [4.78, 5) is 0. The summed E-state index contributed by atoms with van der Waals surface area (Å²) in [5.74, 6) is 1.34. The van der Waals surface area contributed by atoms with Crippen molar-refractivity contribution in [3.8, 4) is 0 Å². The van der Waals surface area contributed by atoms with Gasteiger partial charge in [0.25, 0.3) is 0 Å². The van der Waals surface area contributed by atoms with Gasteiger partial charge in [0, 0.05) is 16.4 Å². The van der Waals surface area contributed by atoms with E-state index in [0.717, 1.165) is 22.9 Å². The van der Waals surface area contributed by atoms with E-state index < -0.39 is 0 Å². The lowest BCUT2D eigenvalue weighted by Gasteiger charge is -2.36. The Hall–Kier alpha value is -0.410. The summed E-state index contributed by atoms with van der Waals surface area (Å²) in [5, 5.41) is 0. The molecular weight excluding hydrogens is 293 g/mol. The molecule has 0 radical (unpaired) electrons. The lowest BCUT2D eigenvalue weighted by atomic mass is 9.71. The van der Waals surface area contributed by atoms with E-state index in [1.54, 1.807) is 6.07 Å². The highest BCUT2D eigenvalue weighted by Crippen LogP contribution is 2.40. The normalized spacial score (nSPS) is 28.7. The van der Waals surface area contributed by atoms with Crippen LogP contribution in [0.5, 0.6) is 0 Å². The van der Waals surface area contributed by atoms with Crippen LogP contribution in [-0.2, 0) is 0 Å². The van der Waals surface area contributed by atoms with Gasteiger partial charge < -0.3 is 5.73 Å². The third-order valence-corrected chi connectivity index (χ3v) is 4.74. The summed E-state index contributed by atoms with van der Waals surface area (Å²) in [5.41, 5.74) is 6.99. The zero-order valence-corrected chi connectivity index (χ0v) is 12.6. The topological polar surface area (TPSA) is 26.0 Å². The molecule has 1 fully saturated rings. The molecule has 100 valence electrons. The molecule has 2 N–H and O–H groups in total. The second-order valence-corrected chi connectivity index (χ2v) is 6.67. The fraction of sp³-hybridized carbons (Fsp3) is 0.600. The summed E-state index contributed by atoms with van der Waals surface area (Å²) in [7, 11) is 0. The Kier molecular flexibility index (Phi) is 4.44. The minimum absolute atomic E-state index is 0.0869. The number of halogens is 2. The Morgan fingerprint density at radius 2 is 2.06 bits per heavy atom. The van der Waals surface area contributed by atoms with Gasteiger partial charge in [-0.3, -0.25) is 0 Å². The molecule has 0 aliphatic heterocycles. The van der Waals surface area contributed by atoms with Crippen molar-refractivity contribution in [2.75, 3.05) is 0 Å². The lowest BCUT2D eigenvalue weighted by molar-refractivity contribution is 0.230. The molecule has 0 spiro atoms. The second-order valence-electron chi connectivity index (χ2n) is 5.75. The number of benzene rings is 1. The summed E-state index contributed by atoms with van der Waals surface area (Å²) in [6.45, 7) is 4.49. The molecule has 2 rings (SSSR count). The van der Waals surface area contributed by atoms with Crippen molar-refractivity contribution in [1.82, 2.24) is 0 Å². The molecule has 0 heterocycles. The molecule has 1 aliphatic carbocycles. The standard InChI is InChI=1S/C15H21BrFN/c1-9(2)10-3-6-15(18)13(7-10)12-8-11(16)4-5-14(12)17/h4-5,8-10,13,15H,3,6-7,18H2,1-2H3. The average molecular weight is 314 g/mol. The summed E-state index contributed by atoms with van der Waals surface area (Å²) in [6, 6.07) is 5.25. The second kappa shape index (κ2) is 5.70. The first kappa shape index (κ1) is 14.0. The third kappa shape index (κ3) is 2.94. The maximum Gasteiger partial charge on any atom is 0.126 e. The Labute approximate surface area is 117 Å². The SMILES string of the molecule is CC(C)C1CCC(N)C(c2cc(Br)ccc2F)C1. The van der Waals surface area contributed by atoms with Crippen molar-refractivity contribution < 1.29 is 4.39 Å². The van der Waals surface area contributed by atoms with E-state index in [1.165, 1.54) is 12.5 Å². The van der Waals surface area contributed by atoms with E-state index in [2.05, 4.69) is 29.8 Å². The quantitative estimate of drug-likeness (QED) is 0.857. The van der Waals surface area contributed by atoms with Crippen LogP contribution in [0.3, 0.4) is 0 Å². The van der Waals surface area contributed by atoms with Gasteiger partial charge in [0.15, 0.2) is 0 Å². The highest BCUT2D eigenvalue weighted by atomic mass is 79.9. The molecule has 1 aromatic carbocycles. The van der Waals surface area contributed by atoms with Crippen LogP contribution >= 0.6 is 15.9 Å². The minimum Gasteiger partial charge on any atom is -0.327 e. The average Bonchev–Trinajstić information content (AvgIpc) is 2.33. The summed E-state index contributed by atoms with van der Waals surface area (Å²) >= 11 is 3.42. The first-order valence-electron chi connectivity index (χ1n) is 6.69. The van der Waals surface area contributed by atoms with Gasteiger partial charge in [-0.15, -0.1) is 0 Å². The maximum absolute atomic E-state index is 14.0. The van der Waals surface area contributed by atoms with E-state index in [1.807, 2.05) is 6.07 Å². The van der Waals surface area contributed by atoms with E-state index >= 15 is 0 Å². The molecule has 0 aromatic heterocycles. The smallest absolute Gasteiger partial charge is 0.126 e. The predicted molar refractivity (Wildman–Crippen MR) is 77.0 cm³/mol. The first-order valence-corrected chi connectivity index (χ1v) is 7.49. The summed E-state index contributed by atoms with van der Waals surface area (Å²) < 4.78 is 14.9. The van der Waals surface area contributed by atoms with Crippen LogP contribution in [0, 0.1) is 17.7 Å². The molecule has 0 saturated heterocycles. The molecule has 1 saturated carbocycles. The Morgan fingerprint density at radius 1 is 1.33 bits per heavy atom. The molecule has 3 atom stereocenters. The zero-order chi connectivity index (χ0) is 13.3. The van der Waals surface area contributed by atoms with Crippen LogP contribution < -0.4 is 5.73 Å². The van der Waals surface area contributed by atoms with E-state index in [9.17, 15) is 4.39 Å². The monoisotopic (exact) mass is 313 g/mol. The van der Waals surface area contributed by atoms with Crippen molar-refractivity contribution in [3.63, 3.8) is 0 Å². The third-order valence-electron chi connectivity index (χ3n) is 4.24. The Morgan fingerprint density at radius 3 is 2.72 bits per heavy atom. The number of hydrogen-bond donors (Lipinski definition) is 1. The van der Waals surface area contributed by atoms with Crippen molar-refractivity contribution in [2.24, 2.45) is 17.6 Å². The highest BCUT2D eigenvalue weighted by molar-refractivity contribution is 9.10. The summed E-state index contributed by atoms with van der Waals surface area (Å²) in [6.07, 6.45) is 3.18. The van der Waals surface area contributed by atoms with Crippen molar-refractivity contribution >= 4 is 15.9 Å². The van der Waals surface area contributed by atoms with Gasteiger partial charge in [0.1, 0.15) is 5.82 Å². The molecule has 1 nitrogen and oxygen atoms in total. The van der Waals surface area contributed by atoms with Gasteiger partial charge in [-0.05, 0) is 54.9 Å². The fourth-order valence-corrected chi connectivity index (χ4v) is 3.37. The fourth-order valence-electron chi connectivity index (χ4n) is 2.99. The van der Waals surface area contributed by atoms with Crippen LogP contribution in [0.4, 0.5) is 4.39 Å². The van der Waals surface area contributed by atoms with E-state index in [-0.39, 0.29) is 17.8 Å². The molecule has 1 aliphatic rings. The van der Waals surface area contributed by atoms with Crippen LogP contribution in [0.1, 0.15) is 44.6 Å². The highest BCUT2D eigenvalue weighted by Gasteiger charge is 2.32. The van der Waals surface area contributed by atoms with Gasteiger partial charge in [-0.25, -0.2) is 4.39 Å². The molecule has 0 bridgehead atoms. The number of hydrogen-bond acceptors (Lipinski definition) is 1. The largest absolute Gasteiger partial charge is 0.327 e. The van der Waals surface area contributed by atoms with Crippen molar-refractivity contribution in [2.45, 2.75) is 45.1 Å². The number of nitrogens with two attached hydrogens (primary N) is 1. The van der Waals surface area contributed by atoms with Gasteiger partial charge in [0.2, 0.25) is 0 Å². The van der Waals surface area contributed by atoms with Crippen LogP contribution in [0.15, 0.2) is 22.7 Å². The predicted octanol–water partition coefficient (Wildman–Crippen LogP) is 4.46. The minimum atomic E-state index is -0.122.